The highest BCUT2D eigenvalue weighted by Crippen LogP contribution is 2.05. The molecule has 0 radical (unpaired) electrons. The minimum atomic E-state index is -0.647. The molecule has 1 rings (SSSR count). The quantitative estimate of drug-likeness (QED) is 0.790. The molecule has 0 spiro atoms. The summed E-state index contributed by atoms with van der Waals surface area (Å²) in [5, 5.41) is 1.96. The summed E-state index contributed by atoms with van der Waals surface area (Å²) in [6.07, 6.45) is 0.419. The van der Waals surface area contributed by atoms with Crippen molar-refractivity contribution in [3.63, 3.8) is 0 Å². The Hall–Kier alpha value is -1.35. The van der Waals surface area contributed by atoms with Crippen LogP contribution in [0.25, 0.3) is 0 Å². The number of hydrogen-bond donors (Lipinski definition) is 1. The van der Waals surface area contributed by atoms with Crippen LogP contribution in [0.1, 0.15) is 12.5 Å². The summed E-state index contributed by atoms with van der Waals surface area (Å²) in [5.74, 6) is -0.259. The number of amides is 1. The molecule has 1 N–H and O–H groups in total. The first-order chi connectivity index (χ1) is 7.09. The second-order valence-corrected chi connectivity index (χ2v) is 3.62. The van der Waals surface area contributed by atoms with Crippen LogP contribution in [0.15, 0.2) is 30.3 Å². The fraction of sp³-hybridized carbons (Fsp3) is 0.273. The normalized spacial score (nSPS) is 11.9. The van der Waals surface area contributed by atoms with Crippen LogP contribution in [0.5, 0.6) is 0 Å². The molecule has 0 aromatic heterocycles. The van der Waals surface area contributed by atoms with Crippen molar-refractivity contribution in [2.24, 2.45) is 0 Å². The average molecular weight is 226 g/mol. The number of nitrogens with one attached hydrogen (secondary N) is 1. The van der Waals surface area contributed by atoms with E-state index >= 15 is 0 Å². The lowest BCUT2D eigenvalue weighted by atomic mass is 10.1. The van der Waals surface area contributed by atoms with Crippen molar-refractivity contribution in [3.8, 4) is 0 Å². The molecule has 0 saturated carbocycles. The van der Waals surface area contributed by atoms with Gasteiger partial charge >= 0.3 is 0 Å². The van der Waals surface area contributed by atoms with E-state index in [1.54, 1.807) is 0 Å². The molecule has 3 nitrogen and oxygen atoms in total. The molecule has 1 atom stereocenters. The Balaban J connectivity index is 2.67. The Morgan fingerprint density at radius 2 is 1.93 bits per heavy atom. The number of carbonyl (C=O) groups excluding carboxylic acids is 2. The van der Waals surface area contributed by atoms with E-state index in [4.69, 9.17) is 11.6 Å². The first kappa shape index (κ1) is 11.7. The SMILES string of the molecule is CC(=O)N[C@@H](Cc1ccccc1)C(=O)Cl. The Labute approximate surface area is 93.4 Å². The maximum Gasteiger partial charge on any atom is 0.244 e. The van der Waals surface area contributed by atoms with Gasteiger partial charge in [-0.2, -0.15) is 0 Å². The Morgan fingerprint density at radius 3 is 2.40 bits per heavy atom. The summed E-state index contributed by atoms with van der Waals surface area (Å²) in [6.45, 7) is 1.36. The first-order valence-electron chi connectivity index (χ1n) is 4.60. The van der Waals surface area contributed by atoms with E-state index in [2.05, 4.69) is 5.32 Å². The van der Waals surface area contributed by atoms with Crippen molar-refractivity contribution >= 4 is 22.8 Å². The number of benzene rings is 1. The minimum absolute atomic E-state index is 0.259. The van der Waals surface area contributed by atoms with Gasteiger partial charge in [0.15, 0.2) is 0 Å². The fourth-order valence-corrected chi connectivity index (χ4v) is 1.41. The van der Waals surface area contributed by atoms with Gasteiger partial charge in [-0.05, 0) is 17.2 Å². The van der Waals surface area contributed by atoms with Crippen molar-refractivity contribution in [3.05, 3.63) is 35.9 Å². The summed E-state index contributed by atoms with van der Waals surface area (Å²) < 4.78 is 0. The second kappa shape index (κ2) is 5.51. The van der Waals surface area contributed by atoms with E-state index in [0.717, 1.165) is 5.56 Å². The van der Waals surface area contributed by atoms with E-state index in [1.165, 1.54) is 6.92 Å². The van der Waals surface area contributed by atoms with Gasteiger partial charge in [0.05, 0.1) is 0 Å². The summed E-state index contributed by atoms with van der Waals surface area (Å²) in [7, 11) is 0. The van der Waals surface area contributed by atoms with E-state index in [1.807, 2.05) is 30.3 Å². The van der Waals surface area contributed by atoms with Crippen molar-refractivity contribution in [2.75, 3.05) is 0 Å². The third-order valence-corrected chi connectivity index (χ3v) is 2.20. The van der Waals surface area contributed by atoms with Gasteiger partial charge in [0.1, 0.15) is 6.04 Å². The topological polar surface area (TPSA) is 46.2 Å². The van der Waals surface area contributed by atoms with Gasteiger partial charge < -0.3 is 5.32 Å². The van der Waals surface area contributed by atoms with Gasteiger partial charge in [-0.15, -0.1) is 0 Å². The average Bonchev–Trinajstić information content (AvgIpc) is 2.17. The molecule has 15 heavy (non-hydrogen) atoms. The number of hydrogen-bond acceptors (Lipinski definition) is 2. The lowest BCUT2D eigenvalue weighted by molar-refractivity contribution is -0.123. The molecule has 1 amide bonds. The van der Waals surface area contributed by atoms with Crippen molar-refractivity contribution in [1.82, 2.24) is 5.32 Å². The molecule has 0 aliphatic rings. The maximum absolute atomic E-state index is 11.0. The monoisotopic (exact) mass is 225 g/mol. The summed E-state index contributed by atoms with van der Waals surface area (Å²) in [6, 6.07) is 8.76. The molecule has 0 fully saturated rings. The predicted octanol–water partition coefficient (Wildman–Crippen LogP) is 1.50. The number of carbonyl (C=O) groups is 2. The lowest BCUT2D eigenvalue weighted by Crippen LogP contribution is -2.39. The number of halogens is 1. The van der Waals surface area contributed by atoms with E-state index < -0.39 is 11.3 Å². The molecular formula is C11H12ClNO2. The van der Waals surface area contributed by atoms with Crippen molar-refractivity contribution < 1.29 is 9.59 Å². The van der Waals surface area contributed by atoms with Gasteiger partial charge in [0.2, 0.25) is 11.1 Å². The Bertz CT molecular complexity index is 351. The van der Waals surface area contributed by atoms with Crippen LogP contribution in [0.4, 0.5) is 0 Å². The maximum atomic E-state index is 11.0. The lowest BCUT2D eigenvalue weighted by Gasteiger charge is -2.13. The molecule has 1 aromatic rings. The molecule has 80 valence electrons. The molecule has 0 unspecified atom stereocenters. The van der Waals surface area contributed by atoms with Crippen LogP contribution >= 0.6 is 11.6 Å². The summed E-state index contributed by atoms with van der Waals surface area (Å²) in [5.41, 5.74) is 0.963. The smallest absolute Gasteiger partial charge is 0.244 e. The summed E-state index contributed by atoms with van der Waals surface area (Å²) >= 11 is 5.38. The van der Waals surface area contributed by atoms with E-state index in [9.17, 15) is 9.59 Å². The zero-order valence-electron chi connectivity index (χ0n) is 8.37. The summed E-state index contributed by atoms with van der Waals surface area (Å²) in [4.78, 5) is 21.9. The van der Waals surface area contributed by atoms with Gasteiger partial charge in [0, 0.05) is 13.3 Å². The van der Waals surface area contributed by atoms with Crippen LogP contribution in [0.2, 0.25) is 0 Å². The molecular weight excluding hydrogens is 214 g/mol. The molecule has 0 aliphatic carbocycles. The first-order valence-corrected chi connectivity index (χ1v) is 4.98. The molecule has 0 aliphatic heterocycles. The molecule has 4 heteroatoms. The van der Waals surface area contributed by atoms with Gasteiger partial charge in [0.25, 0.3) is 0 Å². The zero-order valence-corrected chi connectivity index (χ0v) is 9.12. The van der Waals surface area contributed by atoms with Gasteiger partial charge in [-0.25, -0.2) is 0 Å². The van der Waals surface area contributed by atoms with Crippen LogP contribution < -0.4 is 5.32 Å². The Morgan fingerprint density at radius 1 is 1.33 bits per heavy atom. The number of rotatable bonds is 4. The van der Waals surface area contributed by atoms with Crippen LogP contribution in [-0.4, -0.2) is 17.2 Å². The predicted molar refractivity (Wildman–Crippen MR) is 58.6 cm³/mol. The fourth-order valence-electron chi connectivity index (χ4n) is 1.28. The highest BCUT2D eigenvalue weighted by atomic mass is 35.5. The highest BCUT2D eigenvalue weighted by Gasteiger charge is 2.17. The van der Waals surface area contributed by atoms with Crippen LogP contribution in [-0.2, 0) is 16.0 Å². The van der Waals surface area contributed by atoms with Crippen molar-refractivity contribution in [1.29, 1.82) is 0 Å². The third-order valence-electron chi connectivity index (χ3n) is 1.93. The molecule has 1 aromatic carbocycles. The van der Waals surface area contributed by atoms with Crippen LogP contribution in [0.3, 0.4) is 0 Å². The molecule has 0 heterocycles. The van der Waals surface area contributed by atoms with E-state index in [0.29, 0.717) is 6.42 Å². The van der Waals surface area contributed by atoms with Crippen LogP contribution in [0, 0.1) is 0 Å². The van der Waals surface area contributed by atoms with Gasteiger partial charge in [-0.3, -0.25) is 9.59 Å². The third kappa shape index (κ3) is 4.13. The second-order valence-electron chi connectivity index (χ2n) is 3.25. The highest BCUT2D eigenvalue weighted by molar-refractivity contribution is 6.64. The Kier molecular flexibility index (Phi) is 4.31. The molecule has 0 saturated heterocycles. The van der Waals surface area contributed by atoms with Crippen molar-refractivity contribution in [2.45, 2.75) is 19.4 Å². The minimum Gasteiger partial charge on any atom is -0.345 e. The largest absolute Gasteiger partial charge is 0.345 e. The molecule has 0 bridgehead atoms. The van der Waals surface area contributed by atoms with E-state index in [-0.39, 0.29) is 5.91 Å². The standard InChI is InChI=1S/C11H12ClNO2/c1-8(14)13-10(11(12)15)7-9-5-3-2-4-6-9/h2-6,10H,7H2,1H3,(H,13,14)/t10-/m0/s1. The van der Waals surface area contributed by atoms with Gasteiger partial charge in [-0.1, -0.05) is 30.3 Å². The zero-order chi connectivity index (χ0) is 11.3.